The third-order valence-electron chi connectivity index (χ3n) is 5.99. The molecule has 0 spiro atoms. The molecule has 3 aromatic rings. The van der Waals surface area contributed by atoms with E-state index in [1.165, 1.54) is 69.3 Å². The number of nitrogens with one attached hydrogen (secondary N) is 1. The highest BCUT2D eigenvalue weighted by Gasteiger charge is 2.20. The van der Waals surface area contributed by atoms with Crippen molar-refractivity contribution in [2.24, 2.45) is 0 Å². The SMILES string of the molecule is c1cn2c(NC3CCCCC3)c(-c3ccc(N4CCCC4)cc3)nc2cn1. The molecular formula is C22H27N5. The molecule has 140 valence electrons. The van der Waals surface area contributed by atoms with E-state index < -0.39 is 0 Å². The average Bonchev–Trinajstić information content (AvgIpc) is 3.38. The van der Waals surface area contributed by atoms with Crippen LogP contribution >= 0.6 is 0 Å². The predicted molar refractivity (Wildman–Crippen MR) is 110 cm³/mol. The van der Waals surface area contributed by atoms with Crippen LogP contribution < -0.4 is 10.2 Å². The van der Waals surface area contributed by atoms with E-state index in [4.69, 9.17) is 4.98 Å². The molecule has 0 atom stereocenters. The summed E-state index contributed by atoms with van der Waals surface area (Å²) in [4.78, 5) is 11.6. The monoisotopic (exact) mass is 361 g/mol. The van der Waals surface area contributed by atoms with Crippen molar-refractivity contribution in [3.05, 3.63) is 42.9 Å². The van der Waals surface area contributed by atoms with Gasteiger partial charge in [0.05, 0.1) is 6.20 Å². The van der Waals surface area contributed by atoms with Crippen molar-refractivity contribution in [1.82, 2.24) is 14.4 Å². The molecule has 5 nitrogen and oxygen atoms in total. The topological polar surface area (TPSA) is 45.5 Å². The van der Waals surface area contributed by atoms with Crippen molar-refractivity contribution in [1.29, 1.82) is 0 Å². The first-order valence-corrected chi connectivity index (χ1v) is 10.3. The van der Waals surface area contributed by atoms with E-state index in [1.807, 2.05) is 18.6 Å². The maximum absolute atomic E-state index is 4.90. The van der Waals surface area contributed by atoms with Crippen LogP contribution in [0.2, 0.25) is 0 Å². The van der Waals surface area contributed by atoms with Gasteiger partial charge in [-0.1, -0.05) is 31.4 Å². The highest BCUT2D eigenvalue weighted by atomic mass is 15.2. The Morgan fingerprint density at radius 1 is 0.926 bits per heavy atom. The summed E-state index contributed by atoms with van der Waals surface area (Å²) in [6.45, 7) is 2.35. The van der Waals surface area contributed by atoms with Gasteiger partial charge in [-0.05, 0) is 37.8 Å². The van der Waals surface area contributed by atoms with Crippen LogP contribution in [0.5, 0.6) is 0 Å². The Bertz CT molecular complexity index is 902. The Balaban J connectivity index is 1.50. The van der Waals surface area contributed by atoms with Gasteiger partial charge in [-0.25, -0.2) is 4.98 Å². The summed E-state index contributed by atoms with van der Waals surface area (Å²) in [5, 5.41) is 3.80. The van der Waals surface area contributed by atoms with Gasteiger partial charge in [0.25, 0.3) is 0 Å². The fourth-order valence-corrected chi connectivity index (χ4v) is 4.49. The van der Waals surface area contributed by atoms with E-state index in [9.17, 15) is 0 Å². The molecule has 0 unspecified atom stereocenters. The van der Waals surface area contributed by atoms with Crippen LogP contribution in [0.3, 0.4) is 0 Å². The number of hydrogen-bond donors (Lipinski definition) is 1. The van der Waals surface area contributed by atoms with E-state index in [1.54, 1.807) is 0 Å². The van der Waals surface area contributed by atoms with Crippen molar-refractivity contribution in [2.45, 2.75) is 51.0 Å². The number of nitrogens with zero attached hydrogens (tertiary/aromatic N) is 4. The second kappa shape index (κ2) is 7.22. The molecule has 1 aliphatic carbocycles. The molecule has 3 heterocycles. The van der Waals surface area contributed by atoms with E-state index in [2.05, 4.69) is 43.9 Å². The molecule has 5 rings (SSSR count). The maximum Gasteiger partial charge on any atom is 0.157 e. The van der Waals surface area contributed by atoms with Gasteiger partial charge >= 0.3 is 0 Å². The molecule has 0 amide bonds. The Kier molecular flexibility index (Phi) is 4.44. The molecule has 27 heavy (non-hydrogen) atoms. The molecule has 0 radical (unpaired) electrons. The van der Waals surface area contributed by atoms with Crippen molar-refractivity contribution in [3.8, 4) is 11.3 Å². The fourth-order valence-electron chi connectivity index (χ4n) is 4.49. The summed E-state index contributed by atoms with van der Waals surface area (Å²) in [5.74, 6) is 1.10. The number of anilines is 2. The Morgan fingerprint density at radius 3 is 2.48 bits per heavy atom. The van der Waals surface area contributed by atoms with Crippen molar-refractivity contribution in [2.75, 3.05) is 23.3 Å². The highest BCUT2D eigenvalue weighted by molar-refractivity contribution is 5.77. The second-order valence-corrected chi connectivity index (χ2v) is 7.83. The van der Waals surface area contributed by atoms with Crippen molar-refractivity contribution in [3.63, 3.8) is 0 Å². The molecule has 2 aliphatic rings. The summed E-state index contributed by atoms with van der Waals surface area (Å²) in [5.41, 5.74) is 4.42. The third kappa shape index (κ3) is 3.27. The van der Waals surface area contributed by atoms with Gasteiger partial charge in [-0.2, -0.15) is 0 Å². The number of fused-ring (bicyclic) bond motifs is 1. The zero-order valence-corrected chi connectivity index (χ0v) is 15.8. The van der Waals surface area contributed by atoms with Gasteiger partial charge in [0, 0.05) is 42.8 Å². The first-order valence-electron chi connectivity index (χ1n) is 10.3. The minimum absolute atomic E-state index is 0.537. The summed E-state index contributed by atoms with van der Waals surface area (Å²) in [7, 11) is 0. The number of aromatic nitrogens is 3. The first kappa shape index (κ1) is 16.6. The van der Waals surface area contributed by atoms with Crippen LogP contribution in [0.15, 0.2) is 42.9 Å². The van der Waals surface area contributed by atoms with E-state index in [0.29, 0.717) is 6.04 Å². The molecule has 2 fully saturated rings. The van der Waals surface area contributed by atoms with Crippen molar-refractivity contribution < 1.29 is 0 Å². The molecule has 1 N–H and O–H groups in total. The first-order chi connectivity index (χ1) is 13.4. The van der Waals surface area contributed by atoms with E-state index in [-0.39, 0.29) is 0 Å². The lowest BCUT2D eigenvalue weighted by molar-refractivity contribution is 0.461. The van der Waals surface area contributed by atoms with Crippen LogP contribution in [0.25, 0.3) is 16.9 Å². The Labute approximate surface area is 160 Å². The minimum Gasteiger partial charge on any atom is -0.372 e. The molecule has 1 aromatic carbocycles. The zero-order chi connectivity index (χ0) is 18.1. The van der Waals surface area contributed by atoms with Gasteiger partial charge < -0.3 is 10.2 Å². The van der Waals surface area contributed by atoms with Crippen LogP contribution in [0.1, 0.15) is 44.9 Å². The smallest absolute Gasteiger partial charge is 0.157 e. The molecule has 0 bridgehead atoms. The number of rotatable bonds is 4. The molecular weight excluding hydrogens is 334 g/mol. The zero-order valence-electron chi connectivity index (χ0n) is 15.8. The molecule has 1 saturated heterocycles. The largest absolute Gasteiger partial charge is 0.372 e. The lowest BCUT2D eigenvalue weighted by Gasteiger charge is -2.24. The summed E-state index contributed by atoms with van der Waals surface area (Å²) >= 11 is 0. The van der Waals surface area contributed by atoms with Crippen LogP contribution in [-0.2, 0) is 0 Å². The van der Waals surface area contributed by atoms with Gasteiger partial charge in [0.15, 0.2) is 5.65 Å². The Hall–Kier alpha value is -2.56. The van der Waals surface area contributed by atoms with E-state index >= 15 is 0 Å². The van der Waals surface area contributed by atoms with Crippen LogP contribution in [-0.4, -0.2) is 33.5 Å². The normalized spacial score (nSPS) is 18.3. The van der Waals surface area contributed by atoms with Crippen LogP contribution in [0.4, 0.5) is 11.5 Å². The number of benzene rings is 1. The lowest BCUT2D eigenvalue weighted by Crippen LogP contribution is -2.23. The van der Waals surface area contributed by atoms with Gasteiger partial charge in [-0.15, -0.1) is 0 Å². The lowest BCUT2D eigenvalue weighted by atomic mass is 9.95. The second-order valence-electron chi connectivity index (χ2n) is 7.83. The summed E-state index contributed by atoms with van der Waals surface area (Å²) in [6.07, 6.45) is 14.8. The summed E-state index contributed by atoms with van der Waals surface area (Å²) < 4.78 is 2.14. The third-order valence-corrected chi connectivity index (χ3v) is 5.99. The molecule has 1 saturated carbocycles. The minimum atomic E-state index is 0.537. The van der Waals surface area contributed by atoms with Gasteiger partial charge in [0.1, 0.15) is 11.5 Å². The standard InChI is InChI=1S/C22H27N5/c1-2-6-18(7-3-1)24-22-21(25-20-16-23-12-15-27(20)22)17-8-10-19(11-9-17)26-13-4-5-14-26/h8-12,15-16,18,24H,1-7,13-14H2. The van der Waals surface area contributed by atoms with Crippen molar-refractivity contribution >= 4 is 17.2 Å². The Morgan fingerprint density at radius 2 is 1.70 bits per heavy atom. The quantitative estimate of drug-likeness (QED) is 0.729. The van der Waals surface area contributed by atoms with Gasteiger partial charge in [0.2, 0.25) is 0 Å². The van der Waals surface area contributed by atoms with Crippen LogP contribution in [0, 0.1) is 0 Å². The van der Waals surface area contributed by atoms with E-state index in [0.717, 1.165) is 17.2 Å². The number of imidazole rings is 1. The fraction of sp³-hybridized carbons (Fsp3) is 0.455. The predicted octanol–water partition coefficient (Wildman–Crippen LogP) is 4.74. The molecule has 1 aliphatic heterocycles. The maximum atomic E-state index is 4.90. The molecule has 5 heteroatoms. The molecule has 2 aromatic heterocycles. The summed E-state index contributed by atoms with van der Waals surface area (Å²) in [6, 6.07) is 9.46. The highest BCUT2D eigenvalue weighted by Crippen LogP contribution is 2.32. The average molecular weight is 361 g/mol. The number of hydrogen-bond acceptors (Lipinski definition) is 4. The van der Waals surface area contributed by atoms with Gasteiger partial charge in [-0.3, -0.25) is 9.38 Å².